The lowest BCUT2D eigenvalue weighted by atomic mass is 10.2. The predicted molar refractivity (Wildman–Crippen MR) is 68.0 cm³/mol. The Labute approximate surface area is 113 Å². The molecule has 1 atom stereocenters. The first-order valence-corrected chi connectivity index (χ1v) is 7.22. The second-order valence-corrected chi connectivity index (χ2v) is 6.27. The lowest BCUT2D eigenvalue weighted by molar-refractivity contribution is 0.0695. The molecule has 0 aromatic heterocycles. The minimum Gasteiger partial charge on any atom is -0.478 e. The van der Waals surface area contributed by atoms with Crippen molar-refractivity contribution in [2.24, 2.45) is 0 Å². The van der Waals surface area contributed by atoms with E-state index in [9.17, 15) is 13.2 Å². The molecule has 0 unspecified atom stereocenters. The number of benzene rings is 1. The van der Waals surface area contributed by atoms with Crippen LogP contribution in [0.4, 0.5) is 0 Å². The Balaban J connectivity index is 3.10. The maximum atomic E-state index is 11.8. The number of halogens is 1. The molecule has 0 saturated heterocycles. The van der Waals surface area contributed by atoms with Crippen LogP contribution in [0.15, 0.2) is 27.6 Å². The smallest absolute Gasteiger partial charge is 0.336 e. The molecule has 6 nitrogen and oxygen atoms in total. The number of nitrogens with one attached hydrogen (secondary N) is 1. The van der Waals surface area contributed by atoms with Gasteiger partial charge in [-0.15, -0.1) is 0 Å². The van der Waals surface area contributed by atoms with Gasteiger partial charge in [-0.1, -0.05) is 0 Å². The Morgan fingerprint density at radius 3 is 2.61 bits per heavy atom. The van der Waals surface area contributed by atoms with Crippen molar-refractivity contribution in [2.75, 3.05) is 6.54 Å². The summed E-state index contributed by atoms with van der Waals surface area (Å²) in [6.45, 7) is 1.30. The number of rotatable bonds is 5. The first kappa shape index (κ1) is 15.1. The molecule has 8 heteroatoms. The number of aromatic carboxylic acids is 1. The van der Waals surface area contributed by atoms with E-state index in [1.54, 1.807) is 0 Å². The van der Waals surface area contributed by atoms with Crippen molar-refractivity contribution in [1.29, 1.82) is 0 Å². The third-order valence-electron chi connectivity index (χ3n) is 2.05. The number of hydrogen-bond acceptors (Lipinski definition) is 4. The molecular formula is C10H12BrNO5S. The molecule has 18 heavy (non-hydrogen) atoms. The molecule has 0 aliphatic rings. The van der Waals surface area contributed by atoms with Gasteiger partial charge in [0.15, 0.2) is 0 Å². The van der Waals surface area contributed by atoms with Gasteiger partial charge in [0.05, 0.1) is 16.6 Å². The maximum absolute atomic E-state index is 11.8. The van der Waals surface area contributed by atoms with Gasteiger partial charge in [0, 0.05) is 11.0 Å². The molecule has 0 radical (unpaired) electrons. The number of sulfonamides is 1. The Kier molecular flexibility index (Phi) is 4.85. The number of carboxylic acid groups (broad SMARTS) is 1. The van der Waals surface area contributed by atoms with Gasteiger partial charge in [-0.05, 0) is 41.1 Å². The minimum absolute atomic E-state index is 0.138. The first-order valence-electron chi connectivity index (χ1n) is 4.94. The molecule has 0 saturated carbocycles. The van der Waals surface area contributed by atoms with Gasteiger partial charge < -0.3 is 10.2 Å². The van der Waals surface area contributed by atoms with Crippen LogP contribution in [-0.4, -0.2) is 37.2 Å². The van der Waals surface area contributed by atoms with Crippen LogP contribution in [-0.2, 0) is 10.0 Å². The van der Waals surface area contributed by atoms with Crippen LogP contribution in [0.2, 0.25) is 0 Å². The molecule has 1 aromatic rings. The second kappa shape index (κ2) is 5.79. The Morgan fingerprint density at radius 2 is 2.11 bits per heavy atom. The molecule has 3 N–H and O–H groups in total. The normalized spacial score (nSPS) is 13.3. The monoisotopic (exact) mass is 337 g/mol. The van der Waals surface area contributed by atoms with Crippen molar-refractivity contribution in [1.82, 2.24) is 4.72 Å². The summed E-state index contributed by atoms with van der Waals surface area (Å²) >= 11 is 3.02. The van der Waals surface area contributed by atoms with E-state index in [4.69, 9.17) is 10.2 Å². The lowest BCUT2D eigenvalue weighted by Gasteiger charge is -2.09. The summed E-state index contributed by atoms with van der Waals surface area (Å²) in [5.41, 5.74) is -0.144. The van der Waals surface area contributed by atoms with E-state index in [0.29, 0.717) is 4.47 Å². The van der Waals surface area contributed by atoms with Gasteiger partial charge in [0.2, 0.25) is 10.0 Å². The highest BCUT2D eigenvalue weighted by Crippen LogP contribution is 2.20. The minimum atomic E-state index is -3.82. The zero-order valence-electron chi connectivity index (χ0n) is 9.42. The van der Waals surface area contributed by atoms with E-state index in [0.717, 1.165) is 6.07 Å². The number of aliphatic hydroxyl groups is 1. The third kappa shape index (κ3) is 3.77. The Hall–Kier alpha value is -0.960. The van der Waals surface area contributed by atoms with Gasteiger partial charge in [-0.25, -0.2) is 17.9 Å². The highest BCUT2D eigenvalue weighted by Gasteiger charge is 2.18. The van der Waals surface area contributed by atoms with E-state index >= 15 is 0 Å². The number of aliphatic hydroxyl groups excluding tert-OH is 1. The number of carbonyl (C=O) groups is 1. The van der Waals surface area contributed by atoms with Crippen molar-refractivity contribution in [3.8, 4) is 0 Å². The van der Waals surface area contributed by atoms with Crippen LogP contribution < -0.4 is 4.72 Å². The zero-order chi connectivity index (χ0) is 13.9. The highest BCUT2D eigenvalue weighted by atomic mass is 79.9. The van der Waals surface area contributed by atoms with Crippen LogP contribution in [0, 0.1) is 0 Å². The van der Waals surface area contributed by atoms with Crippen molar-refractivity contribution in [3.05, 3.63) is 28.2 Å². The summed E-state index contributed by atoms with van der Waals surface area (Å²) in [7, 11) is -3.82. The zero-order valence-corrected chi connectivity index (χ0v) is 11.8. The largest absolute Gasteiger partial charge is 0.478 e. The van der Waals surface area contributed by atoms with E-state index in [1.807, 2.05) is 0 Å². The van der Waals surface area contributed by atoms with E-state index < -0.39 is 22.1 Å². The molecule has 100 valence electrons. The fourth-order valence-electron chi connectivity index (χ4n) is 1.15. The van der Waals surface area contributed by atoms with Gasteiger partial charge in [0.1, 0.15) is 0 Å². The van der Waals surface area contributed by atoms with Crippen molar-refractivity contribution in [3.63, 3.8) is 0 Å². The molecule has 1 rings (SSSR count). The SMILES string of the molecule is C[C@@H](O)CNS(=O)(=O)c1ccc(Br)c(C(=O)O)c1. The summed E-state index contributed by atoms with van der Waals surface area (Å²) in [4.78, 5) is 10.7. The summed E-state index contributed by atoms with van der Waals surface area (Å²) in [6.07, 6.45) is -0.825. The van der Waals surface area contributed by atoms with E-state index in [-0.39, 0.29) is 17.0 Å². The molecule has 0 bridgehead atoms. The lowest BCUT2D eigenvalue weighted by Crippen LogP contribution is -2.30. The average Bonchev–Trinajstić information content (AvgIpc) is 2.26. The van der Waals surface area contributed by atoms with Gasteiger partial charge in [-0.2, -0.15) is 0 Å². The van der Waals surface area contributed by atoms with Gasteiger partial charge in [-0.3, -0.25) is 0 Å². The first-order chi connectivity index (χ1) is 8.24. The van der Waals surface area contributed by atoms with E-state index in [2.05, 4.69) is 20.7 Å². The molecular weight excluding hydrogens is 326 g/mol. The van der Waals surface area contributed by atoms with Crippen LogP contribution in [0.1, 0.15) is 17.3 Å². The number of carboxylic acids is 1. The molecule has 0 heterocycles. The molecule has 0 fully saturated rings. The highest BCUT2D eigenvalue weighted by molar-refractivity contribution is 9.10. The summed E-state index contributed by atoms with van der Waals surface area (Å²) in [6, 6.07) is 3.68. The standard InChI is InChI=1S/C10H12BrNO5S/c1-6(13)5-12-18(16,17)7-2-3-9(11)8(4-7)10(14)15/h2-4,6,12-13H,5H2,1H3,(H,14,15)/t6-/m1/s1. The second-order valence-electron chi connectivity index (χ2n) is 3.65. The molecule has 0 spiro atoms. The Morgan fingerprint density at radius 1 is 1.50 bits per heavy atom. The predicted octanol–water partition coefficient (Wildman–Crippen LogP) is 0.806. The third-order valence-corrected chi connectivity index (χ3v) is 4.16. The van der Waals surface area contributed by atoms with Crippen LogP contribution in [0.25, 0.3) is 0 Å². The van der Waals surface area contributed by atoms with Crippen molar-refractivity contribution < 1.29 is 23.4 Å². The Bertz CT molecular complexity index is 555. The summed E-state index contributed by atoms with van der Waals surface area (Å²) < 4.78 is 26.1. The quantitative estimate of drug-likeness (QED) is 0.737. The summed E-state index contributed by atoms with van der Waals surface area (Å²) in [5, 5.41) is 17.9. The molecule has 0 aliphatic heterocycles. The van der Waals surface area contributed by atoms with Gasteiger partial charge in [0.25, 0.3) is 0 Å². The molecule has 0 amide bonds. The van der Waals surface area contributed by atoms with Crippen LogP contribution in [0.5, 0.6) is 0 Å². The molecule has 1 aromatic carbocycles. The fraction of sp³-hybridized carbons (Fsp3) is 0.300. The van der Waals surface area contributed by atoms with Crippen molar-refractivity contribution >= 4 is 31.9 Å². The van der Waals surface area contributed by atoms with Gasteiger partial charge >= 0.3 is 5.97 Å². The molecule has 0 aliphatic carbocycles. The topological polar surface area (TPSA) is 104 Å². The maximum Gasteiger partial charge on any atom is 0.336 e. The fourth-order valence-corrected chi connectivity index (χ4v) is 2.71. The van der Waals surface area contributed by atoms with Crippen LogP contribution in [0.3, 0.4) is 0 Å². The number of hydrogen-bond donors (Lipinski definition) is 3. The van der Waals surface area contributed by atoms with Crippen LogP contribution >= 0.6 is 15.9 Å². The average molecular weight is 338 g/mol. The van der Waals surface area contributed by atoms with E-state index in [1.165, 1.54) is 19.1 Å². The van der Waals surface area contributed by atoms with Crippen molar-refractivity contribution in [2.45, 2.75) is 17.9 Å². The summed E-state index contributed by atoms with van der Waals surface area (Å²) in [5.74, 6) is -1.23.